The minimum absolute atomic E-state index is 0.693. The minimum atomic E-state index is -1.44. The van der Waals surface area contributed by atoms with E-state index in [0.29, 0.717) is 0 Å². The van der Waals surface area contributed by atoms with E-state index in [0.717, 1.165) is 4.90 Å². The lowest BCUT2D eigenvalue weighted by Crippen LogP contribution is -2.51. The van der Waals surface area contributed by atoms with Crippen LogP contribution in [0.1, 0.15) is 0 Å². The summed E-state index contributed by atoms with van der Waals surface area (Å²) in [6.45, 7) is 0. The lowest BCUT2D eigenvalue weighted by Gasteiger charge is -2.37. The molecule has 0 spiro atoms. The number of methoxy groups -OCH3 is 1. The summed E-state index contributed by atoms with van der Waals surface area (Å²) in [5.41, 5.74) is 0. The second-order valence-corrected chi connectivity index (χ2v) is 3.92. The molecule has 88 valence electrons. The Hall–Kier alpha value is -1.49. The fourth-order valence-electron chi connectivity index (χ4n) is 1.46. The zero-order valence-electron chi connectivity index (χ0n) is 8.88. The maximum Gasteiger partial charge on any atom is 0.410 e. The molecule has 0 aromatic carbocycles. The normalized spacial score (nSPS) is 27.6. The van der Waals surface area contributed by atoms with E-state index in [1.54, 1.807) is 12.2 Å². The number of hydrogen-bond donors (Lipinski definition) is 1. The molecule has 16 heavy (non-hydrogen) atoms. The number of ether oxygens (including phenoxy) is 1. The van der Waals surface area contributed by atoms with Gasteiger partial charge < -0.3 is 9.84 Å². The third kappa shape index (κ3) is 2.04. The van der Waals surface area contributed by atoms with E-state index in [4.69, 9.17) is 16.7 Å². The van der Waals surface area contributed by atoms with Gasteiger partial charge in [-0.2, -0.15) is 0 Å². The van der Waals surface area contributed by atoms with E-state index in [2.05, 4.69) is 4.74 Å². The van der Waals surface area contributed by atoms with Crippen LogP contribution in [-0.4, -0.2) is 41.2 Å². The molecule has 1 aliphatic carbocycles. The van der Waals surface area contributed by atoms with E-state index in [9.17, 15) is 9.59 Å². The maximum absolute atomic E-state index is 11.4. The van der Waals surface area contributed by atoms with Crippen LogP contribution >= 0.6 is 11.6 Å². The molecular weight excluding hydrogens is 234 g/mol. The van der Waals surface area contributed by atoms with Crippen molar-refractivity contribution < 1.29 is 19.4 Å². The van der Waals surface area contributed by atoms with Crippen LogP contribution in [0.25, 0.3) is 0 Å². The van der Waals surface area contributed by atoms with Gasteiger partial charge in [0.2, 0.25) is 0 Å². The van der Waals surface area contributed by atoms with Crippen molar-refractivity contribution in [3.05, 3.63) is 24.3 Å². The van der Waals surface area contributed by atoms with Gasteiger partial charge in [-0.15, -0.1) is 0 Å². The molecule has 0 radical (unpaired) electrons. The molecule has 5 nitrogen and oxygen atoms in total. The van der Waals surface area contributed by atoms with Crippen LogP contribution in [-0.2, 0) is 9.53 Å². The molecule has 1 N–H and O–H groups in total. The fourth-order valence-corrected chi connectivity index (χ4v) is 1.76. The number of aliphatic carboxylic acids is 1. The highest BCUT2D eigenvalue weighted by Gasteiger charge is 2.45. The standard InChI is InChI=1S/C10H12ClNO4/c1-12(9(15)16-2)10(11)6-4-3-5-7(10)8(13)14/h3-7H,1-2H3,(H,13,14). The van der Waals surface area contributed by atoms with Crippen molar-refractivity contribution in [2.75, 3.05) is 14.2 Å². The Morgan fingerprint density at radius 1 is 1.50 bits per heavy atom. The van der Waals surface area contributed by atoms with Crippen molar-refractivity contribution in [1.82, 2.24) is 4.90 Å². The highest BCUT2D eigenvalue weighted by molar-refractivity contribution is 6.27. The van der Waals surface area contributed by atoms with E-state index in [-0.39, 0.29) is 0 Å². The van der Waals surface area contributed by atoms with Gasteiger partial charge in [-0.1, -0.05) is 29.8 Å². The summed E-state index contributed by atoms with van der Waals surface area (Å²) < 4.78 is 4.51. The Balaban J connectivity index is 3.05. The highest BCUT2D eigenvalue weighted by atomic mass is 35.5. The number of hydrogen-bond acceptors (Lipinski definition) is 3. The van der Waals surface area contributed by atoms with Crippen LogP contribution in [0.2, 0.25) is 0 Å². The molecule has 1 rings (SSSR count). The highest BCUT2D eigenvalue weighted by Crippen LogP contribution is 2.34. The summed E-state index contributed by atoms with van der Waals surface area (Å²) in [6, 6.07) is 0. The second kappa shape index (κ2) is 4.57. The fraction of sp³-hybridized carbons (Fsp3) is 0.400. The topological polar surface area (TPSA) is 66.8 Å². The number of carbonyl (C=O) groups is 2. The van der Waals surface area contributed by atoms with Gasteiger partial charge in [0, 0.05) is 7.05 Å². The Kier molecular flexibility index (Phi) is 3.59. The third-order valence-electron chi connectivity index (χ3n) is 2.41. The van der Waals surface area contributed by atoms with Gasteiger partial charge in [-0.3, -0.25) is 9.69 Å². The van der Waals surface area contributed by atoms with Crippen LogP contribution in [0, 0.1) is 5.92 Å². The first-order valence-corrected chi connectivity index (χ1v) is 4.90. The lowest BCUT2D eigenvalue weighted by molar-refractivity contribution is -0.141. The maximum atomic E-state index is 11.4. The van der Waals surface area contributed by atoms with E-state index < -0.39 is 23.0 Å². The predicted molar refractivity (Wildman–Crippen MR) is 58.2 cm³/mol. The molecule has 2 atom stereocenters. The number of amides is 1. The third-order valence-corrected chi connectivity index (χ3v) is 3.02. The number of halogens is 1. The molecule has 1 amide bonds. The smallest absolute Gasteiger partial charge is 0.410 e. The summed E-state index contributed by atoms with van der Waals surface area (Å²) in [7, 11) is 2.59. The number of allylic oxidation sites excluding steroid dienone is 2. The van der Waals surface area contributed by atoms with Gasteiger partial charge >= 0.3 is 12.1 Å². The summed E-state index contributed by atoms with van der Waals surface area (Å²) in [5.74, 6) is -2.12. The van der Waals surface area contributed by atoms with Gasteiger partial charge in [0.15, 0.2) is 5.00 Å². The van der Waals surface area contributed by atoms with Gasteiger partial charge in [0.1, 0.15) is 5.92 Å². The van der Waals surface area contributed by atoms with Crippen LogP contribution in [0.3, 0.4) is 0 Å². The molecule has 0 saturated heterocycles. The molecule has 0 aliphatic heterocycles. The first-order chi connectivity index (χ1) is 7.43. The molecule has 0 heterocycles. The molecule has 6 heteroatoms. The monoisotopic (exact) mass is 245 g/mol. The van der Waals surface area contributed by atoms with Crippen molar-refractivity contribution >= 4 is 23.7 Å². The SMILES string of the molecule is COC(=O)N(C)C1(Cl)C=CC=CC1C(=O)O. The Bertz CT molecular complexity index is 366. The number of nitrogens with zero attached hydrogens (tertiary/aromatic N) is 1. The van der Waals surface area contributed by atoms with Gasteiger partial charge in [-0.05, 0) is 6.08 Å². The van der Waals surface area contributed by atoms with E-state index in [1.807, 2.05) is 0 Å². The Labute approximate surface area is 97.9 Å². The predicted octanol–water partition coefficient (Wildman–Crippen LogP) is 1.45. The summed E-state index contributed by atoms with van der Waals surface area (Å²) >= 11 is 6.17. The van der Waals surface area contributed by atoms with Crippen molar-refractivity contribution in [2.24, 2.45) is 5.92 Å². The van der Waals surface area contributed by atoms with Crippen molar-refractivity contribution in [3.8, 4) is 0 Å². The van der Waals surface area contributed by atoms with Crippen LogP contribution < -0.4 is 0 Å². The molecule has 0 fully saturated rings. The molecular formula is C10H12ClNO4. The first kappa shape index (κ1) is 12.6. The Morgan fingerprint density at radius 3 is 2.62 bits per heavy atom. The number of alkyl halides is 1. The lowest BCUT2D eigenvalue weighted by atomic mass is 9.93. The second-order valence-electron chi connectivity index (χ2n) is 3.32. The Morgan fingerprint density at radius 2 is 2.12 bits per heavy atom. The summed E-state index contributed by atoms with van der Waals surface area (Å²) in [4.78, 5) is 22.0. The summed E-state index contributed by atoms with van der Waals surface area (Å²) in [5, 5.41) is 9.03. The number of likely N-dealkylation sites (N-methyl/N-ethyl adjacent to an activating group) is 1. The van der Waals surface area contributed by atoms with E-state index in [1.165, 1.54) is 26.3 Å². The largest absolute Gasteiger partial charge is 0.481 e. The van der Waals surface area contributed by atoms with Crippen LogP contribution in [0.4, 0.5) is 4.79 Å². The van der Waals surface area contributed by atoms with Crippen molar-refractivity contribution in [2.45, 2.75) is 5.00 Å². The molecule has 0 aromatic heterocycles. The molecule has 2 unspecified atom stereocenters. The molecule has 0 aromatic rings. The van der Waals surface area contributed by atoms with Crippen molar-refractivity contribution in [1.29, 1.82) is 0 Å². The average Bonchev–Trinajstić information content (AvgIpc) is 2.27. The quantitative estimate of drug-likeness (QED) is 0.591. The summed E-state index contributed by atoms with van der Waals surface area (Å²) in [6.07, 6.45) is 5.34. The zero-order chi connectivity index (χ0) is 12.3. The van der Waals surface area contributed by atoms with Gasteiger partial charge in [0.05, 0.1) is 7.11 Å². The molecule has 1 aliphatic rings. The van der Waals surface area contributed by atoms with Crippen LogP contribution in [0.5, 0.6) is 0 Å². The number of carboxylic acids is 1. The van der Waals surface area contributed by atoms with Gasteiger partial charge in [-0.25, -0.2) is 4.79 Å². The van der Waals surface area contributed by atoms with Gasteiger partial charge in [0.25, 0.3) is 0 Å². The van der Waals surface area contributed by atoms with Crippen LogP contribution in [0.15, 0.2) is 24.3 Å². The minimum Gasteiger partial charge on any atom is -0.481 e. The number of carboxylic acid groups (broad SMARTS) is 1. The first-order valence-electron chi connectivity index (χ1n) is 4.53. The molecule has 0 bridgehead atoms. The zero-order valence-corrected chi connectivity index (χ0v) is 9.64. The van der Waals surface area contributed by atoms with Crippen molar-refractivity contribution in [3.63, 3.8) is 0 Å². The molecule has 0 saturated carbocycles. The average molecular weight is 246 g/mol. The number of rotatable bonds is 2. The van der Waals surface area contributed by atoms with E-state index >= 15 is 0 Å². The number of carbonyl (C=O) groups excluding carboxylic acids is 1.